The predicted molar refractivity (Wildman–Crippen MR) is 126 cm³/mol. The lowest BCUT2D eigenvalue weighted by Crippen LogP contribution is -2.55. The second kappa shape index (κ2) is 6.96. The van der Waals surface area contributed by atoms with Crippen molar-refractivity contribution >= 4 is 5.78 Å². The van der Waals surface area contributed by atoms with Crippen LogP contribution in [-0.2, 0) is 9.53 Å². The summed E-state index contributed by atoms with van der Waals surface area (Å²) in [6.07, 6.45) is 16.0. The Balaban J connectivity index is 1.59. The van der Waals surface area contributed by atoms with Crippen LogP contribution in [0, 0.1) is 34.0 Å². The van der Waals surface area contributed by atoms with Gasteiger partial charge in [-0.2, -0.15) is 0 Å². The Bertz CT molecular complexity index is 946. The van der Waals surface area contributed by atoms with Gasteiger partial charge < -0.3 is 4.74 Å². The Kier molecular flexibility index (Phi) is 4.78. The molecule has 3 fully saturated rings. The molecular formula is C29H40O2. The second-order valence-electron chi connectivity index (χ2n) is 12.0. The first kappa shape index (κ1) is 21.3. The predicted octanol–water partition coefficient (Wildman–Crippen LogP) is 7.33. The molecule has 0 aromatic carbocycles. The van der Waals surface area contributed by atoms with E-state index in [1.54, 1.807) is 5.57 Å². The highest BCUT2D eigenvalue weighted by atomic mass is 16.5. The van der Waals surface area contributed by atoms with Crippen LogP contribution in [0.1, 0.15) is 86.5 Å². The standard InChI is InChI=1S/C29H40O2/c1-7-31-26-19(3)20-8-9-25-28(5,22(20)17-24(26)30)13-11-21-23-16-18(2)10-12-27(23,4)14-15-29(21,25)6/h8-9,17-18,21,23H,7,10-16H2,1-6H3. The number of hydrogen-bond acceptors (Lipinski definition) is 2. The third kappa shape index (κ3) is 2.85. The minimum atomic E-state index is -0.0297. The van der Waals surface area contributed by atoms with Crippen LogP contribution in [-0.4, -0.2) is 12.4 Å². The first-order valence-electron chi connectivity index (χ1n) is 12.7. The van der Waals surface area contributed by atoms with Crippen molar-refractivity contribution in [2.75, 3.05) is 6.61 Å². The molecule has 0 heterocycles. The summed E-state index contributed by atoms with van der Waals surface area (Å²) in [6, 6.07) is 0. The Labute approximate surface area is 188 Å². The van der Waals surface area contributed by atoms with Crippen molar-refractivity contribution in [1.82, 2.24) is 0 Å². The van der Waals surface area contributed by atoms with Crippen LogP contribution < -0.4 is 0 Å². The fraction of sp³-hybridized carbons (Fsp3) is 0.690. The zero-order valence-electron chi connectivity index (χ0n) is 20.4. The molecule has 0 spiro atoms. The molecular weight excluding hydrogens is 380 g/mol. The summed E-state index contributed by atoms with van der Waals surface area (Å²) in [6.45, 7) is 14.6. The molecule has 0 aromatic rings. The number of allylic oxidation sites excluding steroid dienone is 7. The molecule has 0 amide bonds. The van der Waals surface area contributed by atoms with E-state index in [1.807, 2.05) is 13.0 Å². The van der Waals surface area contributed by atoms with E-state index >= 15 is 0 Å². The molecule has 6 atom stereocenters. The lowest BCUT2D eigenvalue weighted by Gasteiger charge is -2.64. The maximum atomic E-state index is 13.0. The van der Waals surface area contributed by atoms with E-state index < -0.39 is 0 Å². The van der Waals surface area contributed by atoms with Gasteiger partial charge in [0.05, 0.1) is 6.61 Å². The van der Waals surface area contributed by atoms with Crippen LogP contribution in [0.3, 0.4) is 0 Å². The topological polar surface area (TPSA) is 26.3 Å². The first-order valence-corrected chi connectivity index (χ1v) is 12.7. The van der Waals surface area contributed by atoms with Gasteiger partial charge in [0, 0.05) is 11.0 Å². The van der Waals surface area contributed by atoms with Gasteiger partial charge in [0.2, 0.25) is 5.78 Å². The van der Waals surface area contributed by atoms with E-state index in [9.17, 15) is 4.79 Å². The minimum absolute atomic E-state index is 0.0297. The lowest BCUT2D eigenvalue weighted by atomic mass is 9.40. The fourth-order valence-corrected chi connectivity index (χ4v) is 8.39. The molecule has 2 nitrogen and oxygen atoms in total. The summed E-state index contributed by atoms with van der Waals surface area (Å²) >= 11 is 0. The van der Waals surface area contributed by atoms with Crippen molar-refractivity contribution < 1.29 is 9.53 Å². The van der Waals surface area contributed by atoms with E-state index in [2.05, 4.69) is 46.8 Å². The Hall–Kier alpha value is -1.57. The van der Waals surface area contributed by atoms with Gasteiger partial charge >= 0.3 is 0 Å². The van der Waals surface area contributed by atoms with Crippen molar-refractivity contribution in [3.63, 3.8) is 0 Å². The number of rotatable bonds is 2. The van der Waals surface area contributed by atoms with Crippen molar-refractivity contribution in [3.8, 4) is 0 Å². The zero-order valence-corrected chi connectivity index (χ0v) is 20.4. The summed E-state index contributed by atoms with van der Waals surface area (Å²) < 4.78 is 5.74. The Morgan fingerprint density at radius 3 is 2.55 bits per heavy atom. The van der Waals surface area contributed by atoms with Crippen molar-refractivity contribution in [3.05, 3.63) is 46.3 Å². The maximum absolute atomic E-state index is 13.0. The highest BCUT2D eigenvalue weighted by Crippen LogP contribution is 2.69. The van der Waals surface area contributed by atoms with Gasteiger partial charge in [0.1, 0.15) is 0 Å². The first-order chi connectivity index (χ1) is 14.6. The van der Waals surface area contributed by atoms with Crippen LogP contribution in [0.15, 0.2) is 46.3 Å². The minimum Gasteiger partial charge on any atom is -0.489 e. The van der Waals surface area contributed by atoms with E-state index in [1.165, 1.54) is 49.7 Å². The van der Waals surface area contributed by atoms with Crippen molar-refractivity contribution in [2.24, 2.45) is 34.0 Å². The Morgan fingerprint density at radius 2 is 1.81 bits per heavy atom. The number of hydrogen-bond donors (Lipinski definition) is 0. The largest absolute Gasteiger partial charge is 0.489 e. The summed E-state index contributed by atoms with van der Waals surface area (Å²) in [4.78, 5) is 13.0. The third-order valence-electron chi connectivity index (χ3n) is 10.3. The summed E-state index contributed by atoms with van der Waals surface area (Å²) in [7, 11) is 0. The highest BCUT2D eigenvalue weighted by molar-refractivity contribution is 6.07. The normalized spacial score (nSPS) is 44.3. The number of ketones is 1. The molecule has 6 unspecified atom stereocenters. The summed E-state index contributed by atoms with van der Waals surface area (Å²) in [5.41, 5.74) is 5.85. The number of carbonyl (C=O) groups is 1. The molecule has 0 radical (unpaired) electrons. The number of fused-ring (bicyclic) bond motifs is 7. The van der Waals surface area contributed by atoms with Crippen LogP contribution in [0.2, 0.25) is 0 Å². The van der Waals surface area contributed by atoms with Gasteiger partial charge in [-0.3, -0.25) is 4.79 Å². The maximum Gasteiger partial charge on any atom is 0.220 e. The van der Waals surface area contributed by atoms with Gasteiger partial charge in [-0.25, -0.2) is 0 Å². The van der Waals surface area contributed by atoms with Crippen LogP contribution in [0.25, 0.3) is 0 Å². The molecule has 2 heteroatoms. The molecule has 0 saturated heterocycles. The van der Waals surface area contributed by atoms with Gasteiger partial charge in [-0.1, -0.05) is 51.8 Å². The molecule has 31 heavy (non-hydrogen) atoms. The SMILES string of the molecule is CCOC1=C(C)C2=CC=C3C(C)(CCC4C5CC(C)CCC5(C)CCC34C)C2=CC1=O. The molecule has 5 rings (SSSR count). The third-order valence-corrected chi connectivity index (χ3v) is 10.3. The van der Waals surface area contributed by atoms with Crippen LogP contribution in [0.4, 0.5) is 0 Å². The van der Waals surface area contributed by atoms with Crippen molar-refractivity contribution in [1.29, 1.82) is 0 Å². The monoisotopic (exact) mass is 420 g/mol. The summed E-state index contributed by atoms with van der Waals surface area (Å²) in [5.74, 6) is 3.09. The lowest BCUT2D eigenvalue weighted by molar-refractivity contribution is -0.114. The van der Waals surface area contributed by atoms with Gasteiger partial charge in [-0.05, 0) is 98.2 Å². The van der Waals surface area contributed by atoms with Gasteiger partial charge in [0.15, 0.2) is 5.76 Å². The summed E-state index contributed by atoms with van der Waals surface area (Å²) in [5, 5.41) is 0. The fourth-order valence-electron chi connectivity index (χ4n) is 8.39. The smallest absolute Gasteiger partial charge is 0.220 e. The van der Waals surface area contributed by atoms with Gasteiger partial charge in [-0.15, -0.1) is 0 Å². The van der Waals surface area contributed by atoms with E-state index in [0.29, 0.717) is 17.8 Å². The average Bonchev–Trinajstić information content (AvgIpc) is 2.72. The quantitative estimate of drug-likeness (QED) is 0.467. The highest BCUT2D eigenvalue weighted by Gasteiger charge is 2.60. The van der Waals surface area contributed by atoms with E-state index in [0.717, 1.165) is 29.7 Å². The van der Waals surface area contributed by atoms with Crippen LogP contribution >= 0.6 is 0 Å². The Morgan fingerprint density at radius 1 is 1.03 bits per heavy atom. The molecule has 168 valence electrons. The molecule has 0 bridgehead atoms. The average molecular weight is 421 g/mol. The van der Waals surface area contributed by atoms with E-state index in [-0.39, 0.29) is 16.6 Å². The number of carbonyl (C=O) groups excluding carboxylic acids is 1. The molecule has 0 N–H and O–H groups in total. The molecule has 3 saturated carbocycles. The molecule has 0 aliphatic heterocycles. The molecule has 5 aliphatic carbocycles. The van der Waals surface area contributed by atoms with E-state index in [4.69, 9.17) is 4.74 Å². The van der Waals surface area contributed by atoms with Crippen molar-refractivity contribution in [2.45, 2.75) is 86.5 Å². The number of ether oxygens (including phenoxy) is 1. The van der Waals surface area contributed by atoms with Crippen LogP contribution in [0.5, 0.6) is 0 Å². The van der Waals surface area contributed by atoms with Gasteiger partial charge in [0.25, 0.3) is 0 Å². The zero-order chi connectivity index (χ0) is 22.2. The molecule has 5 aliphatic rings. The molecule has 0 aromatic heterocycles. The second-order valence-corrected chi connectivity index (χ2v) is 12.0.